The first-order valence-corrected chi connectivity index (χ1v) is 11.9. The summed E-state index contributed by atoms with van der Waals surface area (Å²) in [4.78, 5) is 25.2. The van der Waals surface area contributed by atoms with Crippen molar-refractivity contribution in [2.75, 3.05) is 32.6 Å². The Bertz CT molecular complexity index is 1120. The third-order valence-electron chi connectivity index (χ3n) is 4.82. The summed E-state index contributed by atoms with van der Waals surface area (Å²) < 4.78 is 42.4. The minimum Gasteiger partial charge on any atom is -0.497 e. The van der Waals surface area contributed by atoms with Crippen LogP contribution >= 0.6 is 11.6 Å². The van der Waals surface area contributed by atoms with E-state index in [9.17, 15) is 18.0 Å². The Balaban J connectivity index is 2.22. The number of halogens is 1. The van der Waals surface area contributed by atoms with E-state index in [1.54, 1.807) is 32.0 Å². The predicted molar refractivity (Wildman–Crippen MR) is 125 cm³/mol. The van der Waals surface area contributed by atoms with E-state index in [1.807, 2.05) is 0 Å². The second-order valence-corrected chi connectivity index (χ2v) is 9.18. The van der Waals surface area contributed by atoms with E-state index in [-0.39, 0.29) is 28.6 Å². The van der Waals surface area contributed by atoms with Crippen LogP contribution in [0.1, 0.15) is 31.1 Å². The molecule has 0 radical (unpaired) electrons. The fourth-order valence-electron chi connectivity index (χ4n) is 2.96. The van der Waals surface area contributed by atoms with Crippen LogP contribution in [0.5, 0.6) is 11.5 Å². The molecule has 2 rings (SSSR count). The molecule has 9 nitrogen and oxygen atoms in total. The number of benzene rings is 2. The molecule has 1 N–H and O–H groups in total. The molecule has 0 heterocycles. The van der Waals surface area contributed by atoms with Crippen LogP contribution in [0.15, 0.2) is 41.3 Å². The van der Waals surface area contributed by atoms with Gasteiger partial charge in [0.05, 0.1) is 35.4 Å². The van der Waals surface area contributed by atoms with Gasteiger partial charge in [0, 0.05) is 19.2 Å². The normalized spacial score (nSPS) is 12.2. The molecule has 0 aliphatic rings. The lowest BCUT2D eigenvalue weighted by Gasteiger charge is -2.19. The Morgan fingerprint density at radius 3 is 2.30 bits per heavy atom. The zero-order chi connectivity index (χ0) is 24.8. The van der Waals surface area contributed by atoms with Gasteiger partial charge in [-0.1, -0.05) is 25.4 Å². The summed E-state index contributed by atoms with van der Waals surface area (Å²) in [5, 5.41) is 2.62. The number of carbonyl (C=O) groups is 2. The molecule has 1 unspecified atom stereocenters. The van der Waals surface area contributed by atoms with E-state index in [4.69, 9.17) is 25.8 Å². The number of hydrogen-bond donors (Lipinski definition) is 1. The molecule has 0 aliphatic heterocycles. The van der Waals surface area contributed by atoms with Crippen LogP contribution in [0.3, 0.4) is 0 Å². The number of rotatable bonds is 10. The molecule has 0 saturated carbocycles. The van der Waals surface area contributed by atoms with Crippen LogP contribution in [0.25, 0.3) is 0 Å². The van der Waals surface area contributed by atoms with Crippen molar-refractivity contribution < 1.29 is 32.2 Å². The lowest BCUT2D eigenvalue weighted by molar-refractivity contribution is -0.123. The molecule has 2 aromatic rings. The van der Waals surface area contributed by atoms with Gasteiger partial charge in [0.2, 0.25) is 10.0 Å². The summed E-state index contributed by atoms with van der Waals surface area (Å²) in [6, 6.07) is 8.61. The predicted octanol–water partition coefficient (Wildman–Crippen LogP) is 3.57. The largest absolute Gasteiger partial charge is 0.497 e. The molecule has 0 fully saturated rings. The number of methoxy groups -OCH3 is 2. The zero-order valence-electron chi connectivity index (χ0n) is 19.0. The van der Waals surface area contributed by atoms with Crippen LogP contribution in [0.4, 0.5) is 5.69 Å². The molecule has 0 aromatic heterocycles. The van der Waals surface area contributed by atoms with Crippen LogP contribution in [-0.2, 0) is 19.6 Å². The van der Waals surface area contributed by atoms with Gasteiger partial charge in [0.15, 0.2) is 6.10 Å². The van der Waals surface area contributed by atoms with Gasteiger partial charge in [-0.05, 0) is 37.3 Å². The molecule has 33 heavy (non-hydrogen) atoms. The molecular weight excluding hydrogens is 472 g/mol. The fraction of sp³-hybridized carbons (Fsp3) is 0.364. The Kier molecular flexibility index (Phi) is 9.09. The standard InChI is InChI=1S/C22H27ClN2O7S/c1-6-25(7-2)33(28,29)16-9-10-18(23)17(13-16)22(27)32-14(3)21(26)24-19-12-15(30-4)8-11-20(19)31-5/h8-14H,6-7H2,1-5H3,(H,24,26). The highest BCUT2D eigenvalue weighted by Gasteiger charge is 2.26. The quantitative estimate of drug-likeness (QED) is 0.498. The van der Waals surface area contributed by atoms with Crippen molar-refractivity contribution in [1.82, 2.24) is 4.31 Å². The van der Waals surface area contributed by atoms with Crippen molar-refractivity contribution in [3.8, 4) is 11.5 Å². The Labute approximate surface area is 198 Å². The van der Waals surface area contributed by atoms with Crippen molar-refractivity contribution in [2.45, 2.75) is 31.8 Å². The Morgan fingerprint density at radius 1 is 1.06 bits per heavy atom. The van der Waals surface area contributed by atoms with Gasteiger partial charge >= 0.3 is 5.97 Å². The van der Waals surface area contributed by atoms with Crippen LogP contribution < -0.4 is 14.8 Å². The molecule has 0 aliphatic carbocycles. The number of ether oxygens (including phenoxy) is 3. The highest BCUT2D eigenvalue weighted by molar-refractivity contribution is 7.89. The van der Waals surface area contributed by atoms with E-state index in [0.29, 0.717) is 17.2 Å². The van der Waals surface area contributed by atoms with Crippen molar-refractivity contribution >= 4 is 39.2 Å². The van der Waals surface area contributed by atoms with E-state index in [0.717, 1.165) is 6.07 Å². The molecule has 180 valence electrons. The molecule has 2 aromatic carbocycles. The number of amides is 1. The van der Waals surface area contributed by atoms with Gasteiger partial charge < -0.3 is 19.5 Å². The van der Waals surface area contributed by atoms with Gasteiger partial charge in [-0.3, -0.25) is 4.79 Å². The van der Waals surface area contributed by atoms with E-state index in [1.165, 1.54) is 37.6 Å². The number of anilines is 1. The molecule has 0 spiro atoms. The first-order valence-electron chi connectivity index (χ1n) is 10.1. The number of carbonyl (C=O) groups excluding carboxylic acids is 2. The molecule has 1 atom stereocenters. The monoisotopic (exact) mass is 498 g/mol. The summed E-state index contributed by atoms with van der Waals surface area (Å²) in [6.07, 6.45) is -1.22. The smallest absolute Gasteiger partial charge is 0.340 e. The molecule has 11 heteroatoms. The lowest BCUT2D eigenvalue weighted by Crippen LogP contribution is -2.31. The number of nitrogens with one attached hydrogen (secondary N) is 1. The summed E-state index contributed by atoms with van der Waals surface area (Å²) in [7, 11) is -0.883. The lowest BCUT2D eigenvalue weighted by atomic mass is 10.2. The average molecular weight is 499 g/mol. The van der Waals surface area contributed by atoms with E-state index in [2.05, 4.69) is 5.32 Å². The van der Waals surface area contributed by atoms with Crippen molar-refractivity contribution in [3.05, 3.63) is 47.0 Å². The summed E-state index contributed by atoms with van der Waals surface area (Å²) >= 11 is 6.11. The topological polar surface area (TPSA) is 111 Å². The molecular formula is C22H27ClN2O7S. The zero-order valence-corrected chi connectivity index (χ0v) is 20.6. The third-order valence-corrected chi connectivity index (χ3v) is 7.19. The number of esters is 1. The van der Waals surface area contributed by atoms with Crippen molar-refractivity contribution in [3.63, 3.8) is 0 Å². The summed E-state index contributed by atoms with van der Waals surface area (Å²) in [6.45, 7) is 5.34. The average Bonchev–Trinajstić information content (AvgIpc) is 2.79. The van der Waals surface area contributed by atoms with Gasteiger partial charge in [-0.15, -0.1) is 0 Å². The Hall–Kier alpha value is -2.82. The second kappa shape index (κ2) is 11.4. The first-order chi connectivity index (χ1) is 15.6. The van der Waals surface area contributed by atoms with Crippen molar-refractivity contribution in [1.29, 1.82) is 0 Å². The highest BCUT2D eigenvalue weighted by Crippen LogP contribution is 2.29. The molecule has 1 amide bonds. The maximum atomic E-state index is 12.8. The molecule has 0 saturated heterocycles. The van der Waals surface area contributed by atoms with E-state index >= 15 is 0 Å². The van der Waals surface area contributed by atoms with Gasteiger partial charge in [0.25, 0.3) is 5.91 Å². The minimum atomic E-state index is -3.81. The van der Waals surface area contributed by atoms with Gasteiger partial charge in [-0.2, -0.15) is 4.31 Å². The molecule has 0 bridgehead atoms. The minimum absolute atomic E-state index is 0.000528. The number of sulfonamides is 1. The van der Waals surface area contributed by atoms with Crippen LogP contribution in [0, 0.1) is 0 Å². The van der Waals surface area contributed by atoms with Crippen molar-refractivity contribution in [2.24, 2.45) is 0 Å². The van der Waals surface area contributed by atoms with Gasteiger partial charge in [-0.25, -0.2) is 13.2 Å². The fourth-order valence-corrected chi connectivity index (χ4v) is 4.64. The van der Waals surface area contributed by atoms with Gasteiger partial charge in [0.1, 0.15) is 11.5 Å². The first kappa shape index (κ1) is 26.4. The van der Waals surface area contributed by atoms with Crippen LogP contribution in [-0.4, -0.2) is 58.0 Å². The van der Waals surface area contributed by atoms with Crippen LogP contribution in [0.2, 0.25) is 5.02 Å². The third kappa shape index (κ3) is 6.16. The second-order valence-electron chi connectivity index (χ2n) is 6.83. The maximum Gasteiger partial charge on any atom is 0.340 e. The van der Waals surface area contributed by atoms with E-state index < -0.39 is 28.0 Å². The number of nitrogens with zero attached hydrogens (tertiary/aromatic N) is 1. The SMILES string of the molecule is CCN(CC)S(=O)(=O)c1ccc(Cl)c(C(=O)OC(C)C(=O)Nc2cc(OC)ccc2OC)c1. The Morgan fingerprint density at radius 2 is 1.73 bits per heavy atom. The maximum absolute atomic E-state index is 12.8. The number of hydrogen-bond acceptors (Lipinski definition) is 7. The summed E-state index contributed by atoms with van der Waals surface area (Å²) in [5.41, 5.74) is 0.165. The highest BCUT2D eigenvalue weighted by atomic mass is 35.5. The summed E-state index contributed by atoms with van der Waals surface area (Å²) in [5.74, 6) is -0.677.